The van der Waals surface area contributed by atoms with Gasteiger partial charge in [0.05, 0.1) is 22.3 Å². The molecule has 1 spiro atoms. The molecule has 1 aliphatic carbocycles. The van der Waals surface area contributed by atoms with Crippen molar-refractivity contribution in [1.82, 2.24) is 15.0 Å². The van der Waals surface area contributed by atoms with Crippen molar-refractivity contribution in [3.63, 3.8) is 0 Å². The monoisotopic (exact) mass is 765 g/mol. The number of nitrogens with zero attached hydrogens (tertiary/aromatic N) is 3. The molecule has 2 aromatic heterocycles. The second-order valence-corrected chi connectivity index (χ2v) is 15.5. The predicted molar refractivity (Wildman–Crippen MR) is 242 cm³/mol. The van der Waals surface area contributed by atoms with Crippen molar-refractivity contribution in [1.29, 1.82) is 0 Å². The van der Waals surface area contributed by atoms with Gasteiger partial charge < -0.3 is 4.74 Å². The fourth-order valence-electron chi connectivity index (χ4n) is 9.50. The molecule has 0 saturated carbocycles. The van der Waals surface area contributed by atoms with Gasteiger partial charge in [0.25, 0.3) is 0 Å². The maximum absolute atomic E-state index is 6.71. The average Bonchev–Trinajstić information content (AvgIpc) is 3.61. The smallest absolute Gasteiger partial charge is 0.160 e. The Bertz CT molecular complexity index is 3180. The van der Waals surface area contributed by atoms with Gasteiger partial charge in [-0.2, -0.15) is 0 Å². The molecule has 12 rings (SSSR count). The first-order valence-corrected chi connectivity index (χ1v) is 20.3. The first-order valence-electron chi connectivity index (χ1n) is 20.3. The van der Waals surface area contributed by atoms with Crippen LogP contribution in [0.5, 0.6) is 11.5 Å². The summed E-state index contributed by atoms with van der Waals surface area (Å²) in [4.78, 5) is 14.9. The number of fused-ring (bicyclic) bond motifs is 10. The van der Waals surface area contributed by atoms with Crippen LogP contribution in [-0.2, 0) is 5.41 Å². The lowest BCUT2D eigenvalue weighted by Gasteiger charge is -2.39. The van der Waals surface area contributed by atoms with E-state index >= 15 is 0 Å². The molecule has 0 radical (unpaired) electrons. The number of aromatic nitrogens is 3. The molecule has 4 nitrogen and oxygen atoms in total. The highest BCUT2D eigenvalue weighted by Gasteiger charge is 2.51. The number of pyridine rings is 1. The van der Waals surface area contributed by atoms with Crippen molar-refractivity contribution in [2.24, 2.45) is 0 Å². The van der Waals surface area contributed by atoms with E-state index in [1.165, 1.54) is 27.8 Å². The molecule has 0 atom stereocenters. The molecule has 0 unspecified atom stereocenters. The number of hydrogen-bond donors (Lipinski definition) is 0. The summed E-state index contributed by atoms with van der Waals surface area (Å²) in [6.07, 6.45) is 1.85. The molecule has 3 heterocycles. The number of benzene rings is 8. The van der Waals surface area contributed by atoms with Crippen LogP contribution in [0.15, 0.2) is 212 Å². The number of rotatable bonds is 5. The van der Waals surface area contributed by atoms with Crippen LogP contribution in [-0.4, -0.2) is 15.0 Å². The minimum absolute atomic E-state index is 0.657. The normalized spacial score (nSPS) is 12.9. The summed E-state index contributed by atoms with van der Waals surface area (Å²) >= 11 is 0. The SMILES string of the molecule is c1ccc(-c2cc(-c3ccc4c(c3)C3(c5ccccc5Oc5ccccc53)c3cc(-c5ccc(-c6cccc7ncccc67)cc5)ccc3-4)nc(-c3ccccc3)n2)cc1. The Labute approximate surface area is 348 Å². The number of ether oxygens (including phenoxy) is 1. The van der Waals surface area contributed by atoms with E-state index in [0.717, 1.165) is 78.3 Å². The zero-order valence-corrected chi connectivity index (χ0v) is 32.5. The predicted octanol–water partition coefficient (Wildman–Crippen LogP) is 13.8. The fraction of sp³-hybridized carbons (Fsp3) is 0.0179. The van der Waals surface area contributed by atoms with E-state index in [-0.39, 0.29) is 0 Å². The second kappa shape index (κ2) is 13.6. The van der Waals surface area contributed by atoms with Crippen molar-refractivity contribution >= 4 is 10.9 Å². The summed E-state index contributed by atoms with van der Waals surface area (Å²) in [5, 5.41) is 1.15. The van der Waals surface area contributed by atoms with Crippen LogP contribution < -0.4 is 4.74 Å². The van der Waals surface area contributed by atoms with Crippen LogP contribution in [0.3, 0.4) is 0 Å². The third-order valence-electron chi connectivity index (χ3n) is 12.2. The Morgan fingerprint density at radius 1 is 0.350 bits per heavy atom. The van der Waals surface area contributed by atoms with E-state index in [1.54, 1.807) is 0 Å². The third kappa shape index (κ3) is 5.28. The van der Waals surface area contributed by atoms with Gasteiger partial charge in [0.2, 0.25) is 0 Å². The fourth-order valence-corrected chi connectivity index (χ4v) is 9.50. The van der Waals surface area contributed by atoms with Crippen molar-refractivity contribution in [3.05, 3.63) is 235 Å². The van der Waals surface area contributed by atoms with Gasteiger partial charge in [0.1, 0.15) is 11.5 Å². The summed E-state index contributed by atoms with van der Waals surface area (Å²) in [5.41, 5.74) is 16.9. The van der Waals surface area contributed by atoms with E-state index in [0.29, 0.717) is 5.82 Å². The van der Waals surface area contributed by atoms with Gasteiger partial charge in [-0.05, 0) is 87.0 Å². The summed E-state index contributed by atoms with van der Waals surface area (Å²) in [5.74, 6) is 2.42. The highest BCUT2D eigenvalue weighted by molar-refractivity contribution is 5.95. The molecule has 10 aromatic rings. The van der Waals surface area contributed by atoms with Crippen LogP contribution in [0.2, 0.25) is 0 Å². The third-order valence-corrected chi connectivity index (χ3v) is 12.2. The maximum atomic E-state index is 6.71. The molecule has 60 heavy (non-hydrogen) atoms. The summed E-state index contributed by atoms with van der Waals surface area (Å²) < 4.78 is 6.71. The van der Waals surface area contributed by atoms with Gasteiger partial charge in [-0.1, -0.05) is 164 Å². The second-order valence-electron chi connectivity index (χ2n) is 15.5. The van der Waals surface area contributed by atoms with Gasteiger partial charge in [0, 0.05) is 39.4 Å². The van der Waals surface area contributed by atoms with E-state index in [2.05, 4.69) is 181 Å². The zero-order valence-electron chi connectivity index (χ0n) is 32.5. The molecule has 0 saturated heterocycles. The van der Waals surface area contributed by atoms with Crippen LogP contribution in [0, 0.1) is 0 Å². The van der Waals surface area contributed by atoms with Gasteiger partial charge in [-0.25, -0.2) is 9.97 Å². The van der Waals surface area contributed by atoms with Gasteiger partial charge in [0.15, 0.2) is 5.82 Å². The number of hydrogen-bond acceptors (Lipinski definition) is 4. The topological polar surface area (TPSA) is 47.9 Å². The lowest BCUT2D eigenvalue weighted by molar-refractivity contribution is 0.436. The first kappa shape index (κ1) is 34.1. The van der Waals surface area contributed by atoms with Crippen LogP contribution >= 0.6 is 0 Å². The van der Waals surface area contributed by atoms with Crippen molar-refractivity contribution in [2.75, 3.05) is 0 Å². The Morgan fingerprint density at radius 3 is 1.62 bits per heavy atom. The number of para-hydroxylation sites is 2. The van der Waals surface area contributed by atoms with Crippen LogP contribution in [0.25, 0.3) is 78.2 Å². The molecule has 0 amide bonds. The molecule has 0 N–H and O–H groups in total. The van der Waals surface area contributed by atoms with Crippen molar-refractivity contribution in [2.45, 2.75) is 5.41 Å². The summed E-state index contributed by atoms with van der Waals surface area (Å²) in [6, 6.07) is 73.1. The summed E-state index contributed by atoms with van der Waals surface area (Å²) in [7, 11) is 0. The van der Waals surface area contributed by atoms with Gasteiger partial charge in [-0.3, -0.25) is 4.98 Å². The Hall–Kier alpha value is -7.95. The molecular weight excluding hydrogens is 731 g/mol. The van der Waals surface area contributed by atoms with E-state index in [4.69, 9.17) is 14.7 Å². The highest BCUT2D eigenvalue weighted by Crippen LogP contribution is 2.62. The molecule has 1 aliphatic heterocycles. The van der Waals surface area contributed by atoms with Gasteiger partial charge >= 0.3 is 0 Å². The quantitative estimate of drug-likeness (QED) is 0.175. The van der Waals surface area contributed by atoms with Crippen LogP contribution in [0.1, 0.15) is 22.3 Å². The largest absolute Gasteiger partial charge is 0.457 e. The van der Waals surface area contributed by atoms with Crippen molar-refractivity contribution < 1.29 is 4.74 Å². The zero-order chi connectivity index (χ0) is 39.6. The maximum Gasteiger partial charge on any atom is 0.160 e. The molecular formula is C56H35N3O. The van der Waals surface area contributed by atoms with Crippen molar-refractivity contribution in [3.8, 4) is 78.8 Å². The van der Waals surface area contributed by atoms with E-state index in [9.17, 15) is 0 Å². The lowest BCUT2D eigenvalue weighted by Crippen LogP contribution is -2.32. The average molecular weight is 766 g/mol. The molecule has 280 valence electrons. The van der Waals surface area contributed by atoms with Crippen LogP contribution in [0.4, 0.5) is 0 Å². The lowest BCUT2D eigenvalue weighted by atomic mass is 9.65. The molecule has 4 heteroatoms. The van der Waals surface area contributed by atoms with Gasteiger partial charge in [-0.15, -0.1) is 0 Å². The van der Waals surface area contributed by atoms with E-state index < -0.39 is 5.41 Å². The first-order chi connectivity index (χ1) is 29.7. The highest BCUT2D eigenvalue weighted by atomic mass is 16.5. The molecule has 0 fully saturated rings. The summed E-state index contributed by atoms with van der Waals surface area (Å²) in [6.45, 7) is 0. The minimum Gasteiger partial charge on any atom is -0.457 e. The Kier molecular flexibility index (Phi) is 7.72. The molecule has 0 bridgehead atoms. The van der Waals surface area contributed by atoms with E-state index in [1.807, 2.05) is 36.5 Å². The Balaban J connectivity index is 1.06. The molecule has 8 aromatic carbocycles. The standard InChI is InChI=1S/C56H35N3O/c1-3-13-38(14-4-1)51-35-52(59-55(58-51)39-15-5-2-6-16-39)41-29-31-44-43-30-28-40(36-24-26-37(27-25-36)42-17-11-21-50-45(42)18-12-32-57-50)33-48(43)56(49(44)34-41)46-19-7-9-22-53(46)60-54-23-10-8-20-47(54)56/h1-35H. The minimum atomic E-state index is -0.657. The molecule has 2 aliphatic rings. The Morgan fingerprint density at radius 2 is 0.917 bits per heavy atom.